The number of aliphatic hydroxyl groups excluding tert-OH is 2. The van der Waals surface area contributed by atoms with Crippen molar-refractivity contribution in [2.45, 2.75) is 50.9 Å². The van der Waals surface area contributed by atoms with Crippen molar-refractivity contribution in [2.75, 3.05) is 19.6 Å². The number of β-amino-alcohol motifs (C(OH)–C–C–N with tert-alkyl or cyclic N) is 1. The van der Waals surface area contributed by atoms with Gasteiger partial charge in [-0.3, -0.25) is 0 Å². The lowest BCUT2D eigenvalue weighted by atomic mass is 9.81. The molecule has 5 heteroatoms. The molecule has 0 saturated carbocycles. The third kappa shape index (κ3) is 3.65. The first-order valence-electron chi connectivity index (χ1n) is 11.3. The number of rotatable bonds is 3. The molecule has 2 aliphatic rings. The van der Waals surface area contributed by atoms with Gasteiger partial charge < -0.3 is 24.4 Å². The first-order chi connectivity index (χ1) is 14.8. The minimum absolute atomic E-state index is 0.311. The third-order valence-electron chi connectivity index (χ3n) is 7.36. The molecule has 0 unspecified atom stereocenters. The predicted molar refractivity (Wildman–Crippen MR) is 122 cm³/mol. The topological polar surface area (TPSA) is 57.9 Å². The zero-order chi connectivity index (χ0) is 21.8. The number of aromatic nitrogens is 1. The predicted octanol–water partition coefficient (Wildman–Crippen LogP) is 4.18. The van der Waals surface area contributed by atoms with E-state index in [1.165, 1.54) is 11.1 Å². The molecule has 0 radical (unpaired) electrons. The van der Waals surface area contributed by atoms with Gasteiger partial charge in [0.05, 0.1) is 12.2 Å². The number of piperidine rings is 1. The standard InChI is InChI=1S/C26H32N2O3/c1-17-12-20-23(29)14-26(31-25(20)13-18(17)2)8-10-28(11-9-26)16-24(30)21-15-27(3)22-7-5-4-6-19(21)22/h4-7,12-13,15,23-24,29-30H,8-11,14,16H2,1-3H3/t23-,24-/m0/s1. The van der Waals surface area contributed by atoms with Crippen LogP contribution in [0.1, 0.15) is 53.7 Å². The Balaban J connectivity index is 1.28. The van der Waals surface area contributed by atoms with Gasteiger partial charge in [-0.1, -0.05) is 18.2 Å². The number of hydrogen-bond acceptors (Lipinski definition) is 4. The average molecular weight is 421 g/mol. The minimum Gasteiger partial charge on any atom is -0.487 e. The number of para-hydroxylation sites is 1. The number of aryl methyl sites for hydroxylation is 3. The lowest BCUT2D eigenvalue weighted by Crippen LogP contribution is -2.51. The van der Waals surface area contributed by atoms with Gasteiger partial charge in [0.2, 0.25) is 0 Å². The highest BCUT2D eigenvalue weighted by Gasteiger charge is 2.43. The van der Waals surface area contributed by atoms with Gasteiger partial charge in [0, 0.05) is 61.3 Å². The molecule has 2 aromatic carbocycles. The van der Waals surface area contributed by atoms with Crippen molar-refractivity contribution in [3.05, 3.63) is 64.8 Å². The van der Waals surface area contributed by atoms with Crippen LogP contribution in [0.2, 0.25) is 0 Å². The highest BCUT2D eigenvalue weighted by atomic mass is 16.5. The lowest BCUT2D eigenvalue weighted by Gasteiger charge is -2.46. The number of benzene rings is 2. The maximum atomic E-state index is 11.0. The van der Waals surface area contributed by atoms with E-state index in [0.717, 1.165) is 53.7 Å². The Morgan fingerprint density at radius 1 is 1.13 bits per heavy atom. The smallest absolute Gasteiger partial charge is 0.126 e. The highest BCUT2D eigenvalue weighted by Crippen LogP contribution is 2.45. The molecular weight excluding hydrogens is 388 g/mol. The number of hydrogen-bond donors (Lipinski definition) is 2. The monoisotopic (exact) mass is 420 g/mol. The Kier molecular flexibility index (Phi) is 5.08. The SMILES string of the molecule is Cc1cc2c(cc1C)[C@@H](O)CC1(CCN(C[C@H](O)c3cn(C)c4ccccc34)CC1)O2. The van der Waals surface area contributed by atoms with Gasteiger partial charge in [0.1, 0.15) is 11.4 Å². The molecule has 164 valence electrons. The average Bonchev–Trinajstić information content (AvgIpc) is 3.09. The summed E-state index contributed by atoms with van der Waals surface area (Å²) in [5.41, 5.74) is 5.12. The normalized spacial score (nSPS) is 21.8. The Labute approximate surface area is 183 Å². The summed E-state index contributed by atoms with van der Waals surface area (Å²) in [6.07, 6.45) is 3.41. The summed E-state index contributed by atoms with van der Waals surface area (Å²) < 4.78 is 8.59. The third-order valence-corrected chi connectivity index (χ3v) is 7.36. The van der Waals surface area contributed by atoms with Crippen LogP contribution >= 0.6 is 0 Å². The second-order valence-electron chi connectivity index (χ2n) is 9.51. The molecule has 0 bridgehead atoms. The van der Waals surface area contributed by atoms with Crippen LogP contribution in [-0.4, -0.2) is 44.9 Å². The first-order valence-corrected chi connectivity index (χ1v) is 11.3. The van der Waals surface area contributed by atoms with E-state index in [4.69, 9.17) is 4.74 Å². The van der Waals surface area contributed by atoms with Crippen molar-refractivity contribution in [3.63, 3.8) is 0 Å². The maximum Gasteiger partial charge on any atom is 0.126 e. The van der Waals surface area contributed by atoms with Crippen LogP contribution in [0.25, 0.3) is 10.9 Å². The molecule has 1 saturated heterocycles. The van der Waals surface area contributed by atoms with Crippen molar-refractivity contribution in [1.82, 2.24) is 9.47 Å². The van der Waals surface area contributed by atoms with E-state index in [2.05, 4.69) is 47.6 Å². The fourth-order valence-corrected chi connectivity index (χ4v) is 5.33. The van der Waals surface area contributed by atoms with Crippen LogP contribution in [0.4, 0.5) is 0 Å². The second-order valence-corrected chi connectivity index (χ2v) is 9.51. The van der Waals surface area contributed by atoms with E-state index in [0.29, 0.717) is 13.0 Å². The number of nitrogens with zero attached hydrogens (tertiary/aromatic N) is 2. The van der Waals surface area contributed by atoms with Crippen molar-refractivity contribution < 1.29 is 14.9 Å². The fourth-order valence-electron chi connectivity index (χ4n) is 5.33. The van der Waals surface area contributed by atoms with E-state index < -0.39 is 12.2 Å². The number of aliphatic hydroxyl groups is 2. The quantitative estimate of drug-likeness (QED) is 0.667. The maximum absolute atomic E-state index is 11.0. The fraction of sp³-hybridized carbons (Fsp3) is 0.462. The molecular formula is C26H32N2O3. The summed E-state index contributed by atoms with van der Waals surface area (Å²) in [6, 6.07) is 12.4. The molecule has 2 N–H and O–H groups in total. The zero-order valence-electron chi connectivity index (χ0n) is 18.6. The Bertz CT molecular complexity index is 1110. The van der Waals surface area contributed by atoms with E-state index in [-0.39, 0.29) is 5.60 Å². The summed E-state index contributed by atoms with van der Waals surface area (Å²) >= 11 is 0. The lowest BCUT2D eigenvalue weighted by molar-refractivity contribution is -0.0588. The van der Waals surface area contributed by atoms with Crippen LogP contribution < -0.4 is 4.74 Å². The molecule has 2 atom stereocenters. The van der Waals surface area contributed by atoms with Gasteiger partial charge in [-0.25, -0.2) is 0 Å². The van der Waals surface area contributed by atoms with Gasteiger partial charge in [-0.05, 0) is 56.0 Å². The molecule has 3 aromatic rings. The largest absolute Gasteiger partial charge is 0.487 e. The van der Waals surface area contributed by atoms with Crippen LogP contribution in [-0.2, 0) is 7.05 Å². The molecule has 0 aliphatic carbocycles. The molecule has 3 heterocycles. The number of ether oxygens (including phenoxy) is 1. The molecule has 2 aliphatic heterocycles. The second kappa shape index (κ2) is 7.66. The first kappa shape index (κ1) is 20.6. The molecule has 31 heavy (non-hydrogen) atoms. The van der Waals surface area contributed by atoms with E-state index in [1.807, 2.05) is 25.4 Å². The van der Waals surface area contributed by atoms with Crippen LogP contribution in [0, 0.1) is 13.8 Å². The molecule has 1 aromatic heterocycles. The van der Waals surface area contributed by atoms with Crippen LogP contribution in [0.3, 0.4) is 0 Å². The van der Waals surface area contributed by atoms with Crippen LogP contribution in [0.15, 0.2) is 42.6 Å². The highest BCUT2D eigenvalue weighted by molar-refractivity contribution is 5.84. The van der Waals surface area contributed by atoms with Crippen molar-refractivity contribution >= 4 is 10.9 Å². The van der Waals surface area contributed by atoms with E-state index in [9.17, 15) is 10.2 Å². The Morgan fingerprint density at radius 3 is 2.61 bits per heavy atom. The number of likely N-dealkylation sites (tertiary alicyclic amines) is 1. The summed E-state index contributed by atoms with van der Waals surface area (Å²) in [6.45, 7) is 6.49. The van der Waals surface area contributed by atoms with E-state index in [1.54, 1.807) is 0 Å². The molecule has 1 spiro atoms. The minimum atomic E-state index is -0.524. The summed E-state index contributed by atoms with van der Waals surface area (Å²) in [4.78, 5) is 2.32. The van der Waals surface area contributed by atoms with Gasteiger partial charge in [0.15, 0.2) is 0 Å². The molecule has 1 fully saturated rings. The van der Waals surface area contributed by atoms with Crippen molar-refractivity contribution in [3.8, 4) is 5.75 Å². The van der Waals surface area contributed by atoms with Gasteiger partial charge in [0.25, 0.3) is 0 Å². The molecule has 0 amide bonds. The van der Waals surface area contributed by atoms with Gasteiger partial charge >= 0.3 is 0 Å². The molecule has 5 rings (SSSR count). The summed E-state index contributed by atoms with van der Waals surface area (Å²) in [7, 11) is 2.02. The summed E-state index contributed by atoms with van der Waals surface area (Å²) in [5, 5.41) is 22.9. The van der Waals surface area contributed by atoms with E-state index >= 15 is 0 Å². The molecule has 5 nitrogen and oxygen atoms in total. The number of fused-ring (bicyclic) bond motifs is 2. The van der Waals surface area contributed by atoms with Crippen molar-refractivity contribution in [1.29, 1.82) is 0 Å². The van der Waals surface area contributed by atoms with Gasteiger partial charge in [-0.15, -0.1) is 0 Å². The van der Waals surface area contributed by atoms with Crippen LogP contribution in [0.5, 0.6) is 5.75 Å². The Morgan fingerprint density at radius 2 is 1.84 bits per heavy atom. The Hall–Kier alpha value is -2.34. The zero-order valence-corrected chi connectivity index (χ0v) is 18.6. The van der Waals surface area contributed by atoms with Crippen molar-refractivity contribution in [2.24, 2.45) is 7.05 Å². The summed E-state index contributed by atoms with van der Waals surface area (Å²) in [5.74, 6) is 0.839. The van der Waals surface area contributed by atoms with Gasteiger partial charge in [-0.2, -0.15) is 0 Å².